The highest BCUT2D eigenvalue weighted by molar-refractivity contribution is 7.15. The molecule has 0 aromatic carbocycles. The third-order valence-corrected chi connectivity index (χ3v) is 4.89. The number of hydrogen-bond donors (Lipinski definition) is 1. The number of nitro groups is 1. The van der Waals surface area contributed by atoms with Crippen molar-refractivity contribution < 1.29 is 4.92 Å². The first-order valence-corrected chi connectivity index (χ1v) is 7.91. The summed E-state index contributed by atoms with van der Waals surface area (Å²) in [6, 6.07) is 0.221. The van der Waals surface area contributed by atoms with Gasteiger partial charge in [-0.3, -0.25) is 0 Å². The van der Waals surface area contributed by atoms with Crippen molar-refractivity contribution in [3.63, 3.8) is 0 Å². The van der Waals surface area contributed by atoms with Crippen molar-refractivity contribution in [2.45, 2.75) is 45.1 Å². The van der Waals surface area contributed by atoms with Crippen LogP contribution in [-0.4, -0.2) is 20.3 Å². The Balaban J connectivity index is 1.84. The zero-order chi connectivity index (χ0) is 14.1. The van der Waals surface area contributed by atoms with Crippen LogP contribution in [0.25, 0.3) is 4.96 Å². The van der Waals surface area contributed by atoms with E-state index >= 15 is 0 Å². The van der Waals surface area contributed by atoms with E-state index in [1.165, 1.54) is 43.4 Å². The first-order chi connectivity index (χ1) is 9.66. The first-order valence-electron chi connectivity index (χ1n) is 7.03. The maximum absolute atomic E-state index is 11.3. The van der Waals surface area contributed by atoms with E-state index < -0.39 is 0 Å². The van der Waals surface area contributed by atoms with E-state index in [1.807, 2.05) is 5.38 Å². The smallest absolute Gasteiger partial charge is 0.360 e. The summed E-state index contributed by atoms with van der Waals surface area (Å²) >= 11 is 1.41. The first kappa shape index (κ1) is 13.4. The molecule has 0 spiro atoms. The Morgan fingerprint density at radius 3 is 2.95 bits per heavy atom. The molecule has 1 aliphatic carbocycles. The van der Waals surface area contributed by atoms with E-state index in [4.69, 9.17) is 0 Å². The lowest BCUT2D eigenvalue weighted by Crippen LogP contribution is -2.28. The zero-order valence-electron chi connectivity index (χ0n) is 11.4. The van der Waals surface area contributed by atoms with Gasteiger partial charge in [-0.15, -0.1) is 0 Å². The summed E-state index contributed by atoms with van der Waals surface area (Å²) in [6.07, 6.45) is 7.92. The molecule has 20 heavy (non-hydrogen) atoms. The lowest BCUT2D eigenvalue weighted by atomic mass is 9.84. The second-order valence-electron chi connectivity index (χ2n) is 5.43. The van der Waals surface area contributed by atoms with Gasteiger partial charge in [-0.25, -0.2) is 0 Å². The van der Waals surface area contributed by atoms with E-state index in [0.717, 1.165) is 0 Å². The molecule has 0 bridgehead atoms. The monoisotopic (exact) mass is 294 g/mol. The minimum absolute atomic E-state index is 0.0453. The number of nitrogens with one attached hydrogen (secondary N) is 1. The molecule has 0 amide bonds. The quantitative estimate of drug-likeness (QED) is 0.689. The van der Waals surface area contributed by atoms with E-state index in [0.29, 0.717) is 16.7 Å². The van der Waals surface area contributed by atoms with Gasteiger partial charge in [0.15, 0.2) is 0 Å². The molecule has 6 nitrogen and oxygen atoms in total. The number of hydrogen-bond acceptors (Lipinski definition) is 5. The highest BCUT2D eigenvalue weighted by Crippen LogP contribution is 2.32. The number of fused-ring (bicyclic) bond motifs is 1. The molecule has 7 heteroatoms. The summed E-state index contributed by atoms with van der Waals surface area (Å²) in [5, 5.41) is 16.3. The third-order valence-electron chi connectivity index (χ3n) is 4.13. The van der Waals surface area contributed by atoms with Gasteiger partial charge in [0.05, 0.1) is 0 Å². The average Bonchev–Trinajstić information content (AvgIpc) is 2.99. The molecule has 1 atom stereocenters. The molecule has 1 unspecified atom stereocenters. The second kappa shape index (κ2) is 5.40. The molecule has 2 aromatic rings. The number of anilines is 1. The summed E-state index contributed by atoms with van der Waals surface area (Å²) in [5.41, 5.74) is 0. The largest absolute Gasteiger partial charge is 0.372 e. The van der Waals surface area contributed by atoms with Crippen LogP contribution in [0.1, 0.15) is 39.0 Å². The molecule has 1 N–H and O–H groups in total. The molecule has 1 fully saturated rings. The van der Waals surface area contributed by atoms with Crippen LogP contribution in [0.3, 0.4) is 0 Å². The lowest BCUT2D eigenvalue weighted by Gasteiger charge is -2.28. The summed E-state index contributed by atoms with van der Waals surface area (Å²) in [4.78, 5) is 15.9. The van der Waals surface area contributed by atoms with E-state index in [2.05, 4.69) is 17.2 Å². The third kappa shape index (κ3) is 2.37. The average molecular weight is 294 g/mol. The summed E-state index contributed by atoms with van der Waals surface area (Å²) < 4.78 is 1.54. The molecule has 2 heterocycles. The van der Waals surface area contributed by atoms with Crippen molar-refractivity contribution in [3.05, 3.63) is 21.7 Å². The molecule has 0 aliphatic heterocycles. The molecule has 1 aliphatic rings. The predicted molar refractivity (Wildman–Crippen MR) is 79.4 cm³/mol. The predicted octanol–water partition coefficient (Wildman–Crippen LogP) is 3.68. The summed E-state index contributed by atoms with van der Waals surface area (Å²) in [6.45, 7) is 2.10. The van der Waals surface area contributed by atoms with Gasteiger partial charge < -0.3 is 15.4 Å². The molecule has 1 saturated carbocycles. The lowest BCUT2D eigenvalue weighted by molar-refractivity contribution is -0.389. The topological polar surface area (TPSA) is 72.5 Å². The minimum Gasteiger partial charge on any atom is -0.360 e. The van der Waals surface area contributed by atoms with E-state index in [9.17, 15) is 10.1 Å². The Labute approximate surface area is 121 Å². The van der Waals surface area contributed by atoms with Crippen LogP contribution in [0.5, 0.6) is 0 Å². The second-order valence-corrected chi connectivity index (χ2v) is 6.30. The van der Waals surface area contributed by atoms with Crippen LogP contribution in [-0.2, 0) is 0 Å². The van der Waals surface area contributed by atoms with Crippen molar-refractivity contribution >= 4 is 27.9 Å². The van der Waals surface area contributed by atoms with Crippen molar-refractivity contribution in [2.24, 2.45) is 5.92 Å². The normalized spacial score (nSPS) is 18.2. The molecule has 0 saturated heterocycles. The standard InChI is InChI=1S/C13H18N4O2S/c1-9(10-5-3-2-4-6-10)14-11-12(17(18)19)16-7-8-20-13(16)15-11/h7-10,14H,2-6H2,1H3. The van der Waals surface area contributed by atoms with Gasteiger partial charge in [-0.1, -0.05) is 30.6 Å². The summed E-state index contributed by atoms with van der Waals surface area (Å²) in [5.74, 6) is 1.03. The van der Waals surface area contributed by atoms with Gasteiger partial charge >= 0.3 is 5.82 Å². The van der Waals surface area contributed by atoms with Crippen LogP contribution in [0.2, 0.25) is 0 Å². The molecule has 2 aromatic heterocycles. The Kier molecular flexibility index (Phi) is 3.60. The number of rotatable bonds is 4. The fourth-order valence-electron chi connectivity index (χ4n) is 3.01. The fourth-order valence-corrected chi connectivity index (χ4v) is 3.72. The van der Waals surface area contributed by atoms with Crippen molar-refractivity contribution in [1.82, 2.24) is 9.38 Å². The fraction of sp³-hybridized carbons (Fsp3) is 0.615. The summed E-state index contributed by atoms with van der Waals surface area (Å²) in [7, 11) is 0. The zero-order valence-corrected chi connectivity index (χ0v) is 12.2. The Morgan fingerprint density at radius 2 is 2.25 bits per heavy atom. The molecular weight excluding hydrogens is 276 g/mol. The van der Waals surface area contributed by atoms with Gasteiger partial charge in [0.1, 0.15) is 6.20 Å². The van der Waals surface area contributed by atoms with Crippen molar-refractivity contribution in [3.8, 4) is 0 Å². The van der Waals surface area contributed by atoms with E-state index in [-0.39, 0.29) is 16.8 Å². The SMILES string of the molecule is CC(Nc1nc2sccn2c1[N+](=O)[O-])C1CCCCC1. The van der Waals surface area contributed by atoms with Gasteiger partial charge in [0.25, 0.3) is 4.96 Å². The Hall–Kier alpha value is -1.63. The maximum Gasteiger partial charge on any atom is 0.372 e. The van der Waals surface area contributed by atoms with E-state index in [1.54, 1.807) is 10.6 Å². The van der Waals surface area contributed by atoms with Crippen LogP contribution in [0.4, 0.5) is 11.6 Å². The van der Waals surface area contributed by atoms with Crippen molar-refractivity contribution in [2.75, 3.05) is 5.32 Å². The maximum atomic E-state index is 11.3. The van der Waals surface area contributed by atoms with Crippen molar-refractivity contribution in [1.29, 1.82) is 0 Å². The van der Waals surface area contributed by atoms with Crippen LogP contribution >= 0.6 is 11.3 Å². The highest BCUT2D eigenvalue weighted by Gasteiger charge is 2.27. The number of imidazole rings is 1. The van der Waals surface area contributed by atoms with Crippen LogP contribution in [0.15, 0.2) is 11.6 Å². The van der Waals surface area contributed by atoms with Gasteiger partial charge in [-0.05, 0) is 30.6 Å². The van der Waals surface area contributed by atoms with Crippen LogP contribution in [0, 0.1) is 16.0 Å². The van der Waals surface area contributed by atoms with Gasteiger partial charge in [0.2, 0.25) is 5.82 Å². The molecule has 0 radical (unpaired) electrons. The minimum atomic E-state index is -0.358. The van der Waals surface area contributed by atoms with Crippen LogP contribution < -0.4 is 5.32 Å². The molecule has 3 rings (SSSR count). The molecule has 108 valence electrons. The van der Waals surface area contributed by atoms with Gasteiger partial charge in [0, 0.05) is 11.4 Å². The Bertz CT molecular complexity index is 615. The molecular formula is C13H18N4O2S. The number of nitrogens with zero attached hydrogens (tertiary/aromatic N) is 3. The number of thiazole rings is 1. The Morgan fingerprint density at radius 1 is 1.50 bits per heavy atom. The highest BCUT2D eigenvalue weighted by atomic mass is 32.1. The number of aromatic nitrogens is 2. The van der Waals surface area contributed by atoms with Gasteiger partial charge in [-0.2, -0.15) is 9.38 Å².